The Morgan fingerprint density at radius 2 is 1.80 bits per heavy atom. The number of nitrogen functional groups attached to an aromatic ring is 1. The number of nitrogens with one attached hydrogen (secondary N) is 2. The van der Waals surface area contributed by atoms with Crippen LogP contribution in [0.4, 0.5) is 10.2 Å². The molecule has 0 aliphatic heterocycles. The van der Waals surface area contributed by atoms with Gasteiger partial charge >= 0.3 is 0 Å². The third-order valence-corrected chi connectivity index (χ3v) is 4.94. The molecule has 162 valence electrons. The van der Waals surface area contributed by atoms with Gasteiger partial charge in [-0.1, -0.05) is 32.0 Å². The molecule has 1 atom stereocenters. The summed E-state index contributed by atoms with van der Waals surface area (Å²) in [6, 6.07) is 8.61. The molecule has 2 aromatic rings. The smallest absolute Gasteiger partial charge is 0.243 e. The summed E-state index contributed by atoms with van der Waals surface area (Å²) in [6.45, 7) is 7.72. The maximum absolute atomic E-state index is 13.2. The van der Waals surface area contributed by atoms with Gasteiger partial charge in [0.15, 0.2) is 0 Å². The van der Waals surface area contributed by atoms with Crippen molar-refractivity contribution in [2.75, 3.05) is 25.4 Å². The fourth-order valence-corrected chi connectivity index (χ4v) is 3.06. The molecule has 4 N–H and O–H groups in total. The van der Waals surface area contributed by atoms with Gasteiger partial charge in [-0.2, -0.15) is 0 Å². The number of carbonyl (C=O) groups excluding carboxylic acids is 2. The summed E-state index contributed by atoms with van der Waals surface area (Å²) in [5.74, 6) is -0.480. The third kappa shape index (κ3) is 7.11. The van der Waals surface area contributed by atoms with E-state index in [4.69, 9.17) is 5.73 Å². The highest BCUT2D eigenvalue weighted by Crippen LogP contribution is 2.09. The third-order valence-electron chi connectivity index (χ3n) is 4.94. The van der Waals surface area contributed by atoms with Crippen molar-refractivity contribution < 1.29 is 14.0 Å². The number of rotatable bonds is 10. The van der Waals surface area contributed by atoms with Crippen molar-refractivity contribution in [2.24, 2.45) is 0 Å². The maximum atomic E-state index is 13.2. The van der Waals surface area contributed by atoms with Crippen molar-refractivity contribution in [1.29, 1.82) is 0 Å². The Kier molecular flexibility index (Phi) is 8.73. The molecule has 1 heterocycles. The lowest BCUT2D eigenvalue weighted by molar-refractivity contribution is -0.129. The molecule has 7 nitrogen and oxygen atoms in total. The number of anilines is 1. The van der Waals surface area contributed by atoms with Crippen LogP contribution >= 0.6 is 0 Å². The number of carbonyl (C=O) groups is 2. The van der Waals surface area contributed by atoms with Crippen molar-refractivity contribution >= 4 is 17.6 Å². The molecule has 2 amide bonds. The van der Waals surface area contributed by atoms with Crippen LogP contribution in [-0.2, 0) is 22.6 Å². The van der Waals surface area contributed by atoms with E-state index in [9.17, 15) is 14.0 Å². The Morgan fingerprint density at radius 3 is 2.40 bits per heavy atom. The average molecular weight is 416 g/mol. The monoisotopic (exact) mass is 415 g/mol. The van der Waals surface area contributed by atoms with E-state index >= 15 is 0 Å². The van der Waals surface area contributed by atoms with Gasteiger partial charge in [-0.05, 0) is 49.3 Å². The summed E-state index contributed by atoms with van der Waals surface area (Å²) in [5, 5.41) is 5.67. The van der Waals surface area contributed by atoms with Gasteiger partial charge in [0.05, 0.1) is 6.54 Å². The number of nitrogens with zero attached hydrogens (tertiary/aromatic N) is 2. The number of halogens is 1. The molecule has 0 fully saturated rings. The number of hydrogen-bond donors (Lipinski definition) is 3. The maximum Gasteiger partial charge on any atom is 0.243 e. The second-order valence-corrected chi connectivity index (χ2v) is 7.11. The molecule has 1 aromatic heterocycles. The van der Waals surface area contributed by atoms with Crippen LogP contribution in [0.25, 0.3) is 0 Å². The topological polar surface area (TPSA) is 100 Å². The zero-order valence-electron chi connectivity index (χ0n) is 17.7. The van der Waals surface area contributed by atoms with E-state index in [0.29, 0.717) is 5.82 Å². The molecule has 0 spiro atoms. The quantitative estimate of drug-likeness (QED) is 0.549. The highest BCUT2D eigenvalue weighted by atomic mass is 19.1. The molecular formula is C22H30FN5O2. The van der Waals surface area contributed by atoms with Crippen LogP contribution in [0.5, 0.6) is 0 Å². The van der Waals surface area contributed by atoms with Gasteiger partial charge in [0.2, 0.25) is 11.8 Å². The van der Waals surface area contributed by atoms with Gasteiger partial charge in [0, 0.05) is 18.7 Å². The summed E-state index contributed by atoms with van der Waals surface area (Å²) in [4.78, 5) is 31.5. The summed E-state index contributed by atoms with van der Waals surface area (Å²) >= 11 is 0. The lowest BCUT2D eigenvalue weighted by Gasteiger charge is -2.22. The van der Waals surface area contributed by atoms with Gasteiger partial charge in [-0.3, -0.25) is 14.5 Å². The molecule has 8 heteroatoms. The lowest BCUT2D eigenvalue weighted by Crippen LogP contribution is -2.50. The second-order valence-electron chi connectivity index (χ2n) is 7.11. The van der Waals surface area contributed by atoms with Gasteiger partial charge in [-0.25, -0.2) is 9.37 Å². The Labute approximate surface area is 176 Å². The molecule has 0 aliphatic rings. The SMILES string of the molecule is CCN(CC)CC(=O)NC(Cc1ccc(F)cc1)C(=O)NCc1ccc(N)nc1C. The zero-order valence-corrected chi connectivity index (χ0v) is 17.7. The minimum Gasteiger partial charge on any atom is -0.384 e. The van der Waals surface area contributed by atoms with Crippen LogP contribution in [0.15, 0.2) is 36.4 Å². The summed E-state index contributed by atoms with van der Waals surface area (Å²) in [7, 11) is 0. The standard InChI is InChI=1S/C22H30FN5O2/c1-4-28(5-2)14-21(29)27-19(12-16-6-9-18(23)10-7-16)22(30)25-13-17-8-11-20(24)26-15(17)3/h6-11,19H,4-5,12-14H2,1-3H3,(H2,24,26)(H,25,30)(H,27,29). The Hall–Kier alpha value is -3.00. The molecule has 0 aliphatic carbocycles. The van der Waals surface area contributed by atoms with Crippen LogP contribution in [-0.4, -0.2) is 47.4 Å². The van der Waals surface area contributed by atoms with Crippen molar-refractivity contribution in [1.82, 2.24) is 20.5 Å². The molecule has 1 unspecified atom stereocenters. The van der Waals surface area contributed by atoms with E-state index in [0.717, 1.165) is 29.9 Å². The number of likely N-dealkylation sites (N-methyl/N-ethyl adjacent to an activating group) is 1. The van der Waals surface area contributed by atoms with Crippen molar-refractivity contribution in [3.05, 3.63) is 59.0 Å². The molecule has 0 saturated heterocycles. The van der Waals surface area contributed by atoms with Crippen molar-refractivity contribution in [3.8, 4) is 0 Å². The van der Waals surface area contributed by atoms with Gasteiger partial charge in [0.25, 0.3) is 0 Å². The van der Waals surface area contributed by atoms with E-state index in [-0.39, 0.29) is 37.1 Å². The van der Waals surface area contributed by atoms with E-state index in [1.807, 2.05) is 31.7 Å². The minimum absolute atomic E-state index is 0.210. The summed E-state index contributed by atoms with van der Waals surface area (Å²) in [5.41, 5.74) is 8.00. The van der Waals surface area contributed by atoms with Crippen LogP contribution in [0.3, 0.4) is 0 Å². The molecule has 0 bridgehead atoms. The van der Waals surface area contributed by atoms with E-state index in [1.54, 1.807) is 18.2 Å². The number of nitrogens with two attached hydrogens (primary N) is 1. The predicted octanol–water partition coefficient (Wildman–Crippen LogP) is 1.80. The zero-order chi connectivity index (χ0) is 22.1. The molecule has 2 rings (SSSR count). The fourth-order valence-electron chi connectivity index (χ4n) is 3.06. The first-order valence-corrected chi connectivity index (χ1v) is 10.1. The van der Waals surface area contributed by atoms with E-state index in [1.165, 1.54) is 12.1 Å². The summed E-state index contributed by atoms with van der Waals surface area (Å²) in [6.07, 6.45) is 0.259. The van der Waals surface area contributed by atoms with Crippen LogP contribution in [0, 0.1) is 12.7 Å². The van der Waals surface area contributed by atoms with E-state index < -0.39 is 6.04 Å². The molecule has 30 heavy (non-hydrogen) atoms. The van der Waals surface area contributed by atoms with Crippen LogP contribution in [0.2, 0.25) is 0 Å². The van der Waals surface area contributed by atoms with Gasteiger partial charge < -0.3 is 16.4 Å². The van der Waals surface area contributed by atoms with E-state index in [2.05, 4.69) is 15.6 Å². The molecule has 1 aromatic carbocycles. The Balaban J connectivity index is 2.08. The highest BCUT2D eigenvalue weighted by molar-refractivity contribution is 5.88. The van der Waals surface area contributed by atoms with Gasteiger partial charge in [0.1, 0.15) is 17.7 Å². The molecular weight excluding hydrogens is 385 g/mol. The van der Waals surface area contributed by atoms with Crippen molar-refractivity contribution in [2.45, 2.75) is 39.8 Å². The number of aryl methyl sites for hydroxylation is 1. The average Bonchev–Trinajstić information content (AvgIpc) is 2.72. The van der Waals surface area contributed by atoms with Gasteiger partial charge in [-0.15, -0.1) is 0 Å². The second kappa shape index (κ2) is 11.3. The number of hydrogen-bond acceptors (Lipinski definition) is 5. The Morgan fingerprint density at radius 1 is 1.13 bits per heavy atom. The molecule has 0 saturated carbocycles. The summed E-state index contributed by atoms with van der Waals surface area (Å²) < 4.78 is 13.2. The first kappa shape index (κ1) is 23.3. The number of aromatic nitrogens is 1. The first-order chi connectivity index (χ1) is 14.3. The van der Waals surface area contributed by atoms with Crippen molar-refractivity contribution in [3.63, 3.8) is 0 Å². The fraction of sp³-hybridized carbons (Fsp3) is 0.409. The largest absolute Gasteiger partial charge is 0.384 e. The lowest BCUT2D eigenvalue weighted by atomic mass is 10.0. The first-order valence-electron chi connectivity index (χ1n) is 10.1. The number of benzene rings is 1. The molecule has 0 radical (unpaired) electrons. The van der Waals surface area contributed by atoms with Crippen LogP contribution in [0.1, 0.15) is 30.7 Å². The number of amides is 2. The number of pyridine rings is 1. The minimum atomic E-state index is -0.777. The highest BCUT2D eigenvalue weighted by Gasteiger charge is 2.22. The normalized spacial score (nSPS) is 11.9. The predicted molar refractivity (Wildman–Crippen MR) is 115 cm³/mol. The Bertz CT molecular complexity index is 853. The van der Waals surface area contributed by atoms with Crippen LogP contribution < -0.4 is 16.4 Å².